The third-order valence-corrected chi connectivity index (χ3v) is 9.18. The fourth-order valence-electron chi connectivity index (χ4n) is 6.86. The lowest BCUT2D eigenvalue weighted by atomic mass is 9.48. The van der Waals surface area contributed by atoms with Crippen molar-refractivity contribution in [1.82, 2.24) is 15.0 Å². The summed E-state index contributed by atoms with van der Waals surface area (Å²) in [5.41, 5.74) is 12.5. The molecular formula is C43H29BN4. The normalized spacial score (nSPS) is 12.8. The molecule has 6 aromatic carbocycles. The van der Waals surface area contributed by atoms with Gasteiger partial charge in [-0.3, -0.25) is 0 Å². The van der Waals surface area contributed by atoms with Crippen LogP contribution >= 0.6 is 0 Å². The van der Waals surface area contributed by atoms with Gasteiger partial charge in [0.2, 0.25) is 0 Å². The average Bonchev–Trinajstić information content (AvgIpc) is 3.18. The smallest absolute Gasteiger partial charge is 0.321 e. The second-order valence-electron chi connectivity index (χ2n) is 12.1. The predicted molar refractivity (Wildman–Crippen MR) is 199 cm³/mol. The van der Waals surface area contributed by atoms with Crippen molar-refractivity contribution in [3.8, 4) is 67.5 Å². The molecule has 224 valence electrons. The summed E-state index contributed by atoms with van der Waals surface area (Å²) in [4.78, 5) is 17.5. The van der Waals surface area contributed by atoms with Gasteiger partial charge in [0.15, 0.2) is 17.5 Å². The van der Waals surface area contributed by atoms with Crippen molar-refractivity contribution in [3.63, 3.8) is 0 Å². The molecule has 3 heterocycles. The molecule has 0 amide bonds. The Labute approximate surface area is 280 Å². The summed E-state index contributed by atoms with van der Waals surface area (Å²) in [6, 6.07) is 52.9. The molecule has 0 saturated carbocycles. The highest BCUT2D eigenvalue weighted by atomic mass is 15.1. The minimum atomic E-state index is 0.0704. The van der Waals surface area contributed by atoms with Crippen LogP contribution in [0.25, 0.3) is 67.5 Å². The summed E-state index contributed by atoms with van der Waals surface area (Å²) in [6.07, 6.45) is 6.44. The Kier molecular flexibility index (Phi) is 6.87. The van der Waals surface area contributed by atoms with E-state index < -0.39 is 0 Å². The minimum absolute atomic E-state index is 0.0704. The van der Waals surface area contributed by atoms with E-state index in [4.69, 9.17) is 15.0 Å². The second kappa shape index (κ2) is 11.8. The number of anilines is 1. The Morgan fingerprint density at radius 1 is 0.396 bits per heavy atom. The molecule has 0 spiro atoms. The molecule has 0 fully saturated rings. The van der Waals surface area contributed by atoms with E-state index in [0.717, 1.165) is 27.9 Å². The summed E-state index contributed by atoms with van der Waals surface area (Å²) < 4.78 is 0. The Bertz CT molecular complexity index is 2330. The monoisotopic (exact) mass is 612 g/mol. The maximum atomic E-state index is 5.08. The van der Waals surface area contributed by atoms with Gasteiger partial charge in [0, 0.05) is 27.9 Å². The Morgan fingerprint density at radius 3 is 1.60 bits per heavy atom. The van der Waals surface area contributed by atoms with Crippen molar-refractivity contribution in [2.45, 2.75) is 0 Å². The Morgan fingerprint density at radius 2 is 0.917 bits per heavy atom. The van der Waals surface area contributed by atoms with E-state index in [2.05, 4.69) is 144 Å². The molecule has 1 aromatic heterocycles. The molecule has 2 aliphatic rings. The van der Waals surface area contributed by atoms with E-state index in [9.17, 15) is 0 Å². The van der Waals surface area contributed by atoms with Gasteiger partial charge in [0.1, 0.15) is 0 Å². The zero-order valence-corrected chi connectivity index (χ0v) is 26.1. The number of allylic oxidation sites excluding steroid dienone is 2. The van der Waals surface area contributed by atoms with Gasteiger partial charge in [-0.25, -0.2) is 15.0 Å². The van der Waals surface area contributed by atoms with Gasteiger partial charge in [-0.2, -0.15) is 0 Å². The van der Waals surface area contributed by atoms with Crippen LogP contribution in [0.15, 0.2) is 176 Å². The molecule has 0 atom stereocenters. The Balaban J connectivity index is 1.18. The van der Waals surface area contributed by atoms with E-state index in [1.165, 1.54) is 33.3 Å². The zero-order chi connectivity index (χ0) is 31.9. The third-order valence-electron chi connectivity index (χ3n) is 9.18. The van der Waals surface area contributed by atoms with Gasteiger partial charge in [-0.15, -0.1) is 0 Å². The zero-order valence-electron chi connectivity index (χ0n) is 26.1. The van der Waals surface area contributed by atoms with E-state index in [0.29, 0.717) is 17.5 Å². The molecule has 9 rings (SSSR count). The van der Waals surface area contributed by atoms with Crippen molar-refractivity contribution < 1.29 is 0 Å². The van der Waals surface area contributed by atoms with Crippen molar-refractivity contribution >= 4 is 18.0 Å². The fourth-order valence-corrected chi connectivity index (χ4v) is 6.86. The summed E-state index contributed by atoms with van der Waals surface area (Å²) in [5.74, 6) is 4.23. The van der Waals surface area contributed by atoms with E-state index in [-0.39, 0.29) is 6.85 Å². The number of hydrogen-bond donors (Lipinski definition) is 0. The van der Waals surface area contributed by atoms with Crippen LogP contribution < -0.4 is 10.3 Å². The molecule has 0 unspecified atom stereocenters. The highest BCUT2D eigenvalue weighted by Gasteiger charge is 2.35. The first-order valence-electron chi connectivity index (χ1n) is 16.2. The van der Waals surface area contributed by atoms with Crippen LogP contribution in [0, 0.1) is 0 Å². The molecule has 4 nitrogen and oxygen atoms in total. The largest absolute Gasteiger partial charge is 0.383 e. The van der Waals surface area contributed by atoms with Gasteiger partial charge < -0.3 is 4.81 Å². The molecule has 0 saturated heterocycles. The van der Waals surface area contributed by atoms with Crippen molar-refractivity contribution in [1.29, 1.82) is 0 Å². The van der Waals surface area contributed by atoms with Crippen LogP contribution in [0.1, 0.15) is 0 Å². The van der Waals surface area contributed by atoms with Gasteiger partial charge in [-0.1, -0.05) is 158 Å². The highest BCUT2D eigenvalue weighted by Crippen LogP contribution is 2.41. The average molecular weight is 613 g/mol. The van der Waals surface area contributed by atoms with E-state index >= 15 is 0 Å². The van der Waals surface area contributed by atoms with Crippen LogP contribution in [0.3, 0.4) is 0 Å². The van der Waals surface area contributed by atoms with Crippen LogP contribution in [0.4, 0.5) is 5.69 Å². The van der Waals surface area contributed by atoms with Crippen molar-refractivity contribution in [2.24, 2.45) is 0 Å². The second-order valence-corrected chi connectivity index (χ2v) is 12.1. The van der Waals surface area contributed by atoms with Crippen LogP contribution in [-0.2, 0) is 0 Å². The fraction of sp³-hybridized carbons (Fsp3) is 0. The first-order chi connectivity index (χ1) is 23.8. The minimum Gasteiger partial charge on any atom is -0.383 e. The van der Waals surface area contributed by atoms with E-state index in [1.54, 1.807) is 0 Å². The number of hydrogen-bond acceptors (Lipinski definition) is 4. The van der Waals surface area contributed by atoms with Gasteiger partial charge in [0.05, 0.1) is 0 Å². The van der Waals surface area contributed by atoms with Gasteiger partial charge in [0.25, 0.3) is 0 Å². The number of rotatable bonds is 5. The third kappa shape index (κ3) is 4.93. The van der Waals surface area contributed by atoms with Crippen LogP contribution in [-0.4, -0.2) is 21.8 Å². The summed E-state index contributed by atoms with van der Waals surface area (Å²) >= 11 is 0. The lowest BCUT2D eigenvalue weighted by molar-refractivity contribution is 1.07. The summed E-state index contributed by atoms with van der Waals surface area (Å²) in [6.45, 7) is 0.0704. The summed E-state index contributed by atoms with van der Waals surface area (Å²) in [5, 5.41) is 0. The standard InChI is InChI=1S/C43H29BN4/c1-4-13-30(14-5-1)31-21-23-34(24-22-31)42-45-41(33-17-8-3-9-18-33)46-43(47-42)35-25-26-37-38-20-12-19-36(32-15-6-2-7-16-32)40(38)44-27-10-11-28-48(44)39(37)29-35/h1-29H. The highest BCUT2D eigenvalue weighted by molar-refractivity contribution is 6.85. The molecule has 7 aromatic rings. The predicted octanol–water partition coefficient (Wildman–Crippen LogP) is 9.51. The quantitative estimate of drug-likeness (QED) is 0.182. The number of aromatic nitrogens is 3. The van der Waals surface area contributed by atoms with Crippen LogP contribution in [0.5, 0.6) is 0 Å². The first kappa shape index (κ1) is 27.9. The molecule has 0 bridgehead atoms. The lowest BCUT2D eigenvalue weighted by Crippen LogP contribution is -2.49. The van der Waals surface area contributed by atoms with Gasteiger partial charge >= 0.3 is 6.85 Å². The summed E-state index contributed by atoms with van der Waals surface area (Å²) in [7, 11) is 0. The lowest BCUT2D eigenvalue weighted by Gasteiger charge is -2.37. The van der Waals surface area contributed by atoms with Crippen molar-refractivity contribution in [3.05, 3.63) is 176 Å². The number of benzene rings is 6. The molecule has 0 N–H and O–H groups in total. The molecular weight excluding hydrogens is 583 g/mol. The maximum absolute atomic E-state index is 5.08. The van der Waals surface area contributed by atoms with Gasteiger partial charge in [-0.05, 0) is 51.6 Å². The first-order valence-corrected chi connectivity index (χ1v) is 16.2. The molecule has 5 heteroatoms. The molecule has 48 heavy (non-hydrogen) atoms. The topological polar surface area (TPSA) is 41.9 Å². The van der Waals surface area contributed by atoms with E-state index in [1.807, 2.05) is 36.4 Å². The molecule has 0 radical (unpaired) electrons. The SMILES string of the molecule is C1=CB2c3c(-c4ccccc4)cccc3-c3ccc(-c4nc(-c5ccccc5)nc(-c5ccc(-c6ccccc6)cc5)n4)cc3N2C=C1. The number of nitrogens with zero attached hydrogens (tertiary/aromatic N) is 4. The molecule has 2 aliphatic heterocycles. The van der Waals surface area contributed by atoms with Crippen LogP contribution in [0.2, 0.25) is 0 Å². The Hall–Kier alpha value is -6.33. The molecule has 0 aliphatic carbocycles. The van der Waals surface area contributed by atoms with Crippen molar-refractivity contribution in [2.75, 3.05) is 4.81 Å². The number of fused-ring (bicyclic) bond motifs is 6. The maximum Gasteiger partial charge on any atom is 0.321 e.